The van der Waals surface area contributed by atoms with Crippen molar-refractivity contribution in [3.8, 4) is 0 Å². The van der Waals surface area contributed by atoms with Crippen molar-refractivity contribution in [2.75, 3.05) is 33.9 Å². The zero-order chi connectivity index (χ0) is 13.8. The van der Waals surface area contributed by atoms with Crippen LogP contribution in [-0.2, 0) is 9.47 Å². The Bertz CT molecular complexity index is 263. The second-order valence-corrected chi connectivity index (χ2v) is 6.15. The molecule has 2 fully saturated rings. The van der Waals surface area contributed by atoms with E-state index in [0.29, 0.717) is 12.1 Å². The fourth-order valence-electron chi connectivity index (χ4n) is 3.75. The van der Waals surface area contributed by atoms with Gasteiger partial charge in [-0.3, -0.25) is 4.90 Å². The van der Waals surface area contributed by atoms with E-state index in [1.165, 1.54) is 19.3 Å². The van der Waals surface area contributed by atoms with Gasteiger partial charge in [0, 0.05) is 39.4 Å². The van der Waals surface area contributed by atoms with Gasteiger partial charge in [-0.25, -0.2) is 0 Å². The number of nitrogens with one attached hydrogen (secondary N) is 1. The molecule has 0 aromatic rings. The molecule has 0 radical (unpaired) electrons. The first kappa shape index (κ1) is 15.2. The van der Waals surface area contributed by atoms with E-state index in [9.17, 15) is 0 Å². The van der Waals surface area contributed by atoms with Gasteiger partial charge in [0.2, 0.25) is 0 Å². The molecule has 2 rings (SSSR count). The van der Waals surface area contributed by atoms with Gasteiger partial charge < -0.3 is 14.8 Å². The van der Waals surface area contributed by atoms with Gasteiger partial charge in [0.05, 0.1) is 12.2 Å². The van der Waals surface area contributed by atoms with Gasteiger partial charge in [-0.05, 0) is 31.7 Å². The second-order valence-electron chi connectivity index (χ2n) is 6.15. The molecule has 1 N–H and O–H groups in total. The molecule has 1 saturated carbocycles. The molecule has 0 spiro atoms. The van der Waals surface area contributed by atoms with Crippen LogP contribution in [0.2, 0.25) is 0 Å². The zero-order valence-corrected chi connectivity index (χ0v) is 12.9. The lowest BCUT2D eigenvalue weighted by Gasteiger charge is -2.40. The number of likely N-dealkylation sites (N-methyl/N-ethyl adjacent to an activating group) is 1. The Labute approximate surface area is 117 Å². The van der Waals surface area contributed by atoms with E-state index >= 15 is 0 Å². The quantitative estimate of drug-likeness (QED) is 0.821. The Morgan fingerprint density at radius 1 is 1.11 bits per heavy atom. The third kappa shape index (κ3) is 3.48. The van der Waals surface area contributed by atoms with Crippen LogP contribution in [0, 0.1) is 5.92 Å². The number of hydrogen-bond donors (Lipinski definition) is 1. The van der Waals surface area contributed by atoms with E-state index in [4.69, 9.17) is 9.47 Å². The third-order valence-corrected chi connectivity index (χ3v) is 4.86. The van der Waals surface area contributed by atoms with Gasteiger partial charge in [0.15, 0.2) is 0 Å². The van der Waals surface area contributed by atoms with Gasteiger partial charge >= 0.3 is 0 Å². The van der Waals surface area contributed by atoms with E-state index in [1.807, 2.05) is 0 Å². The molecule has 1 aliphatic carbocycles. The van der Waals surface area contributed by atoms with E-state index in [1.54, 1.807) is 14.2 Å². The number of rotatable bonds is 5. The maximum absolute atomic E-state index is 5.57. The lowest BCUT2D eigenvalue weighted by molar-refractivity contribution is -0.00461. The van der Waals surface area contributed by atoms with Crippen LogP contribution >= 0.6 is 0 Å². The average molecular weight is 270 g/mol. The summed E-state index contributed by atoms with van der Waals surface area (Å²) in [5.41, 5.74) is 0. The molecule has 0 aromatic carbocycles. The fourth-order valence-corrected chi connectivity index (χ4v) is 3.75. The summed E-state index contributed by atoms with van der Waals surface area (Å²) in [6.07, 6.45) is 4.40. The minimum Gasteiger partial charge on any atom is -0.377 e. The van der Waals surface area contributed by atoms with Crippen molar-refractivity contribution in [3.63, 3.8) is 0 Å². The first-order valence-corrected chi connectivity index (χ1v) is 7.72. The highest BCUT2D eigenvalue weighted by molar-refractivity contribution is 4.96. The molecular formula is C15H30N2O2. The zero-order valence-electron chi connectivity index (χ0n) is 12.9. The van der Waals surface area contributed by atoms with Crippen LogP contribution in [0.3, 0.4) is 0 Å². The molecule has 1 heterocycles. The van der Waals surface area contributed by atoms with Crippen LogP contribution in [-0.4, -0.2) is 63.0 Å². The van der Waals surface area contributed by atoms with Gasteiger partial charge in [0.25, 0.3) is 0 Å². The van der Waals surface area contributed by atoms with Crippen LogP contribution in [0.5, 0.6) is 0 Å². The Kier molecular flexibility index (Phi) is 5.63. The van der Waals surface area contributed by atoms with E-state index in [-0.39, 0.29) is 12.2 Å². The molecule has 1 aliphatic heterocycles. The number of nitrogens with zero attached hydrogens (tertiary/aromatic N) is 1. The summed E-state index contributed by atoms with van der Waals surface area (Å²) in [7, 11) is 3.59. The highest BCUT2D eigenvalue weighted by Crippen LogP contribution is 2.31. The van der Waals surface area contributed by atoms with E-state index in [2.05, 4.69) is 24.1 Å². The average Bonchev–Trinajstić information content (AvgIpc) is 2.84. The van der Waals surface area contributed by atoms with Crippen molar-refractivity contribution in [1.82, 2.24) is 10.2 Å². The predicted molar refractivity (Wildman–Crippen MR) is 77.4 cm³/mol. The van der Waals surface area contributed by atoms with Gasteiger partial charge in [-0.2, -0.15) is 0 Å². The highest BCUT2D eigenvalue weighted by Gasteiger charge is 2.40. The monoisotopic (exact) mass is 270 g/mol. The summed E-state index contributed by atoms with van der Waals surface area (Å²) < 4.78 is 11.1. The predicted octanol–water partition coefficient (Wildman–Crippen LogP) is 1.50. The molecule has 4 nitrogen and oxygen atoms in total. The molecule has 0 amide bonds. The molecule has 4 heteroatoms. The lowest BCUT2D eigenvalue weighted by Crippen LogP contribution is -2.52. The summed E-state index contributed by atoms with van der Waals surface area (Å²) in [4.78, 5) is 2.59. The Morgan fingerprint density at radius 2 is 1.74 bits per heavy atom. The van der Waals surface area contributed by atoms with E-state index < -0.39 is 0 Å². The fraction of sp³-hybridized carbons (Fsp3) is 1.00. The number of likely N-dealkylation sites (tertiary alicyclic amines) is 1. The molecule has 0 bridgehead atoms. The van der Waals surface area contributed by atoms with Crippen molar-refractivity contribution in [2.24, 2.45) is 5.92 Å². The first-order valence-electron chi connectivity index (χ1n) is 7.72. The smallest absolute Gasteiger partial charge is 0.0971 e. The molecule has 5 atom stereocenters. The summed E-state index contributed by atoms with van der Waals surface area (Å²) >= 11 is 0. The first-order chi connectivity index (χ1) is 9.19. The maximum Gasteiger partial charge on any atom is 0.0971 e. The highest BCUT2D eigenvalue weighted by atomic mass is 16.5. The molecule has 2 aliphatic rings. The minimum atomic E-state index is 0.226. The SMILES string of the molecule is CCNC1CCC(C)CC1N1CC(OC)C(OC)C1. The van der Waals surface area contributed by atoms with Gasteiger partial charge in [-0.1, -0.05) is 13.8 Å². The standard InChI is InChI=1S/C15H30N2O2/c1-5-16-12-7-6-11(2)8-13(12)17-9-14(18-3)15(10-17)19-4/h11-16H,5-10H2,1-4H3. The van der Waals surface area contributed by atoms with Crippen molar-refractivity contribution >= 4 is 0 Å². The Hall–Kier alpha value is -0.160. The largest absolute Gasteiger partial charge is 0.377 e. The summed E-state index contributed by atoms with van der Waals surface area (Å²) in [5.74, 6) is 0.836. The van der Waals surface area contributed by atoms with Gasteiger partial charge in [-0.15, -0.1) is 0 Å². The van der Waals surface area contributed by atoms with Gasteiger partial charge in [0.1, 0.15) is 0 Å². The van der Waals surface area contributed by atoms with Crippen LogP contribution in [0.25, 0.3) is 0 Å². The van der Waals surface area contributed by atoms with Crippen molar-refractivity contribution in [1.29, 1.82) is 0 Å². The molecule has 5 unspecified atom stereocenters. The molecule has 19 heavy (non-hydrogen) atoms. The molecule has 0 aromatic heterocycles. The summed E-state index contributed by atoms with van der Waals surface area (Å²) in [5, 5.41) is 3.67. The maximum atomic E-state index is 5.57. The lowest BCUT2D eigenvalue weighted by atomic mass is 9.82. The molecular weight excluding hydrogens is 240 g/mol. The van der Waals surface area contributed by atoms with Crippen molar-refractivity contribution in [2.45, 2.75) is 57.4 Å². The minimum absolute atomic E-state index is 0.226. The summed E-state index contributed by atoms with van der Waals surface area (Å²) in [6, 6.07) is 1.27. The van der Waals surface area contributed by atoms with Crippen LogP contribution in [0.4, 0.5) is 0 Å². The molecule has 112 valence electrons. The number of methoxy groups -OCH3 is 2. The van der Waals surface area contributed by atoms with Crippen molar-refractivity contribution < 1.29 is 9.47 Å². The Balaban J connectivity index is 2.01. The summed E-state index contributed by atoms with van der Waals surface area (Å²) in [6.45, 7) is 7.66. The van der Waals surface area contributed by atoms with Crippen LogP contribution in [0.15, 0.2) is 0 Å². The van der Waals surface area contributed by atoms with Crippen LogP contribution < -0.4 is 5.32 Å². The molecule has 1 saturated heterocycles. The number of hydrogen-bond acceptors (Lipinski definition) is 4. The van der Waals surface area contributed by atoms with E-state index in [0.717, 1.165) is 25.6 Å². The van der Waals surface area contributed by atoms with Crippen LogP contribution in [0.1, 0.15) is 33.1 Å². The normalized spacial score (nSPS) is 40.7. The topological polar surface area (TPSA) is 33.7 Å². The second kappa shape index (κ2) is 7.02. The Morgan fingerprint density at radius 3 is 2.26 bits per heavy atom. The number of ether oxygens (including phenoxy) is 2. The van der Waals surface area contributed by atoms with Crippen molar-refractivity contribution in [3.05, 3.63) is 0 Å². The third-order valence-electron chi connectivity index (χ3n) is 4.86.